The summed E-state index contributed by atoms with van der Waals surface area (Å²) in [6, 6.07) is 0.730. The Labute approximate surface area is 110 Å². The maximum absolute atomic E-state index is 4.53. The number of aromatic nitrogens is 2. The molecule has 0 bridgehead atoms. The largest absolute Gasteiger partial charge is 0.345 e. The Balaban J connectivity index is 1.52. The highest BCUT2D eigenvalue weighted by Gasteiger charge is 2.18. The van der Waals surface area contributed by atoms with E-state index in [1.54, 1.807) is 0 Å². The zero-order valence-corrected chi connectivity index (χ0v) is 11.3. The first-order chi connectivity index (χ1) is 8.92. The van der Waals surface area contributed by atoms with Crippen molar-refractivity contribution in [2.24, 2.45) is 0 Å². The van der Waals surface area contributed by atoms with Crippen LogP contribution in [-0.4, -0.2) is 16.0 Å². The Morgan fingerprint density at radius 1 is 1.06 bits per heavy atom. The van der Waals surface area contributed by atoms with Gasteiger partial charge in [0.2, 0.25) is 0 Å². The lowest BCUT2D eigenvalue weighted by Crippen LogP contribution is -2.25. The SMILES string of the molecule is c1nc(CNC2CCCC2)[nH]c1C1CCCCC1. The summed E-state index contributed by atoms with van der Waals surface area (Å²) in [4.78, 5) is 8.07. The van der Waals surface area contributed by atoms with Gasteiger partial charge in [0, 0.05) is 23.9 Å². The lowest BCUT2D eigenvalue weighted by molar-refractivity contribution is 0.436. The van der Waals surface area contributed by atoms with Crippen LogP contribution in [0.15, 0.2) is 6.20 Å². The first kappa shape index (κ1) is 12.2. The van der Waals surface area contributed by atoms with E-state index in [2.05, 4.69) is 21.5 Å². The Kier molecular flexibility index (Phi) is 3.99. The van der Waals surface area contributed by atoms with Gasteiger partial charge in [-0.25, -0.2) is 4.98 Å². The molecule has 0 aromatic carbocycles. The molecule has 1 aromatic heterocycles. The molecule has 1 aromatic rings. The van der Waals surface area contributed by atoms with Gasteiger partial charge in [-0.2, -0.15) is 0 Å². The summed E-state index contributed by atoms with van der Waals surface area (Å²) >= 11 is 0. The van der Waals surface area contributed by atoms with Gasteiger partial charge in [-0.15, -0.1) is 0 Å². The van der Waals surface area contributed by atoms with E-state index in [1.165, 1.54) is 63.5 Å². The lowest BCUT2D eigenvalue weighted by Gasteiger charge is -2.19. The van der Waals surface area contributed by atoms with Crippen molar-refractivity contribution in [3.05, 3.63) is 17.7 Å². The molecule has 0 spiro atoms. The number of rotatable bonds is 4. The summed E-state index contributed by atoms with van der Waals surface area (Å²) in [6.07, 6.45) is 14.4. The minimum Gasteiger partial charge on any atom is -0.345 e. The summed E-state index contributed by atoms with van der Waals surface area (Å²) in [6.45, 7) is 0.914. The number of H-pyrrole nitrogens is 1. The topological polar surface area (TPSA) is 40.7 Å². The van der Waals surface area contributed by atoms with Crippen LogP contribution in [0.2, 0.25) is 0 Å². The molecule has 2 N–H and O–H groups in total. The standard InChI is InChI=1S/C15H25N3/c1-2-6-12(7-3-1)14-10-17-15(18-14)11-16-13-8-4-5-9-13/h10,12-13,16H,1-9,11H2,(H,17,18). The fourth-order valence-electron chi connectivity index (χ4n) is 3.46. The molecule has 0 radical (unpaired) electrons. The third-order valence-electron chi connectivity index (χ3n) is 4.61. The van der Waals surface area contributed by atoms with Gasteiger partial charge in [0.1, 0.15) is 5.82 Å². The van der Waals surface area contributed by atoms with Crippen LogP contribution in [0, 0.1) is 0 Å². The molecule has 0 aliphatic heterocycles. The zero-order valence-electron chi connectivity index (χ0n) is 11.3. The Hall–Kier alpha value is -0.830. The van der Waals surface area contributed by atoms with Crippen LogP contribution in [0.25, 0.3) is 0 Å². The third-order valence-corrected chi connectivity index (χ3v) is 4.61. The highest BCUT2D eigenvalue weighted by molar-refractivity contribution is 5.08. The molecular weight excluding hydrogens is 222 g/mol. The molecular formula is C15H25N3. The maximum Gasteiger partial charge on any atom is 0.120 e. The molecule has 3 heteroatoms. The van der Waals surface area contributed by atoms with Crippen LogP contribution >= 0.6 is 0 Å². The average Bonchev–Trinajstić information content (AvgIpc) is 3.09. The molecule has 3 rings (SSSR count). The van der Waals surface area contributed by atoms with Gasteiger partial charge in [-0.3, -0.25) is 0 Å². The number of nitrogens with one attached hydrogen (secondary N) is 2. The fourth-order valence-corrected chi connectivity index (χ4v) is 3.46. The lowest BCUT2D eigenvalue weighted by atomic mass is 9.87. The van der Waals surface area contributed by atoms with E-state index in [0.717, 1.165) is 24.3 Å². The van der Waals surface area contributed by atoms with Crippen molar-refractivity contribution in [2.45, 2.75) is 76.3 Å². The summed E-state index contributed by atoms with van der Waals surface area (Å²) in [5.74, 6) is 1.87. The molecule has 3 nitrogen and oxygen atoms in total. The predicted molar refractivity (Wildman–Crippen MR) is 73.5 cm³/mol. The maximum atomic E-state index is 4.53. The second kappa shape index (κ2) is 5.87. The molecule has 0 unspecified atom stereocenters. The second-order valence-corrected chi connectivity index (χ2v) is 5.98. The highest BCUT2D eigenvalue weighted by Crippen LogP contribution is 2.31. The van der Waals surface area contributed by atoms with Crippen LogP contribution in [-0.2, 0) is 6.54 Å². The zero-order chi connectivity index (χ0) is 12.2. The first-order valence-corrected chi connectivity index (χ1v) is 7.69. The number of hydrogen-bond acceptors (Lipinski definition) is 2. The minimum absolute atomic E-state index is 0.730. The molecule has 100 valence electrons. The van der Waals surface area contributed by atoms with E-state index < -0.39 is 0 Å². The van der Waals surface area contributed by atoms with Gasteiger partial charge in [0.05, 0.1) is 6.54 Å². The molecule has 0 amide bonds. The van der Waals surface area contributed by atoms with Gasteiger partial charge >= 0.3 is 0 Å². The number of imidazole rings is 1. The predicted octanol–water partition coefficient (Wildman–Crippen LogP) is 3.49. The smallest absolute Gasteiger partial charge is 0.120 e. The molecule has 2 fully saturated rings. The van der Waals surface area contributed by atoms with Gasteiger partial charge in [0.25, 0.3) is 0 Å². The first-order valence-electron chi connectivity index (χ1n) is 7.69. The van der Waals surface area contributed by atoms with E-state index in [9.17, 15) is 0 Å². The summed E-state index contributed by atoms with van der Waals surface area (Å²) in [7, 11) is 0. The summed E-state index contributed by atoms with van der Waals surface area (Å²) in [5.41, 5.74) is 1.37. The van der Waals surface area contributed by atoms with E-state index in [0.29, 0.717) is 0 Å². The van der Waals surface area contributed by atoms with Crippen LogP contribution in [0.4, 0.5) is 0 Å². The molecule has 18 heavy (non-hydrogen) atoms. The molecule has 0 atom stereocenters. The van der Waals surface area contributed by atoms with Crippen LogP contribution in [0.3, 0.4) is 0 Å². The fraction of sp³-hybridized carbons (Fsp3) is 0.800. The summed E-state index contributed by atoms with van der Waals surface area (Å²) in [5, 5.41) is 3.62. The van der Waals surface area contributed by atoms with Crippen molar-refractivity contribution in [3.8, 4) is 0 Å². The molecule has 0 saturated heterocycles. The molecule has 1 heterocycles. The Morgan fingerprint density at radius 2 is 1.78 bits per heavy atom. The van der Waals surface area contributed by atoms with E-state index in [1.807, 2.05) is 0 Å². The molecule has 2 saturated carbocycles. The van der Waals surface area contributed by atoms with Gasteiger partial charge < -0.3 is 10.3 Å². The minimum atomic E-state index is 0.730. The van der Waals surface area contributed by atoms with Crippen molar-refractivity contribution >= 4 is 0 Å². The van der Waals surface area contributed by atoms with Crippen molar-refractivity contribution in [1.82, 2.24) is 15.3 Å². The summed E-state index contributed by atoms with van der Waals surface area (Å²) < 4.78 is 0. The van der Waals surface area contributed by atoms with Crippen molar-refractivity contribution < 1.29 is 0 Å². The van der Waals surface area contributed by atoms with Crippen LogP contribution in [0.1, 0.15) is 75.2 Å². The number of nitrogens with zero attached hydrogens (tertiary/aromatic N) is 1. The van der Waals surface area contributed by atoms with Crippen LogP contribution < -0.4 is 5.32 Å². The van der Waals surface area contributed by atoms with E-state index in [4.69, 9.17) is 0 Å². The van der Waals surface area contributed by atoms with Crippen molar-refractivity contribution in [1.29, 1.82) is 0 Å². The average molecular weight is 247 g/mol. The van der Waals surface area contributed by atoms with Crippen molar-refractivity contribution in [2.75, 3.05) is 0 Å². The van der Waals surface area contributed by atoms with Gasteiger partial charge in [0.15, 0.2) is 0 Å². The Morgan fingerprint density at radius 3 is 2.56 bits per heavy atom. The van der Waals surface area contributed by atoms with E-state index >= 15 is 0 Å². The highest BCUT2D eigenvalue weighted by atomic mass is 15.0. The molecule has 2 aliphatic rings. The van der Waals surface area contributed by atoms with Gasteiger partial charge in [-0.05, 0) is 25.7 Å². The van der Waals surface area contributed by atoms with Crippen LogP contribution in [0.5, 0.6) is 0 Å². The molecule has 2 aliphatic carbocycles. The normalized spacial score (nSPS) is 22.7. The number of hydrogen-bond donors (Lipinski definition) is 2. The van der Waals surface area contributed by atoms with Gasteiger partial charge in [-0.1, -0.05) is 32.1 Å². The second-order valence-electron chi connectivity index (χ2n) is 5.98. The Bertz CT molecular complexity index is 360. The quantitative estimate of drug-likeness (QED) is 0.855. The van der Waals surface area contributed by atoms with Crippen molar-refractivity contribution in [3.63, 3.8) is 0 Å². The van der Waals surface area contributed by atoms with E-state index in [-0.39, 0.29) is 0 Å². The number of aromatic amines is 1. The monoisotopic (exact) mass is 247 g/mol. The third kappa shape index (κ3) is 2.94.